The first-order valence-electron chi connectivity index (χ1n) is 6.49. The first kappa shape index (κ1) is 12.6. The van der Waals surface area contributed by atoms with E-state index >= 15 is 0 Å². The highest BCUT2D eigenvalue weighted by Gasteiger charge is 2.18. The number of pyridine rings is 1. The van der Waals surface area contributed by atoms with Crippen LogP contribution in [0, 0.1) is 0 Å². The van der Waals surface area contributed by atoms with Gasteiger partial charge < -0.3 is 9.38 Å². The lowest BCUT2D eigenvalue weighted by Crippen LogP contribution is -2.19. The maximum Gasteiger partial charge on any atom is 0.251 e. The van der Waals surface area contributed by atoms with Crippen molar-refractivity contribution in [2.24, 2.45) is 0 Å². The van der Waals surface area contributed by atoms with Crippen molar-refractivity contribution in [1.29, 1.82) is 0 Å². The van der Waals surface area contributed by atoms with E-state index in [4.69, 9.17) is 0 Å². The van der Waals surface area contributed by atoms with Gasteiger partial charge in [-0.2, -0.15) is 0 Å². The molecule has 0 fully saturated rings. The van der Waals surface area contributed by atoms with Crippen LogP contribution in [0.15, 0.2) is 41.5 Å². The van der Waals surface area contributed by atoms with Gasteiger partial charge >= 0.3 is 0 Å². The third kappa shape index (κ3) is 2.22. The average Bonchev–Trinajstić information content (AvgIpc) is 2.80. The van der Waals surface area contributed by atoms with Gasteiger partial charge in [0.2, 0.25) is 0 Å². The molecule has 3 aromatic heterocycles. The highest BCUT2D eigenvalue weighted by Crippen LogP contribution is 2.21. The molecule has 20 heavy (non-hydrogen) atoms. The van der Waals surface area contributed by atoms with E-state index in [1.54, 1.807) is 6.07 Å². The Morgan fingerprint density at radius 3 is 2.70 bits per heavy atom. The number of nitrogens with one attached hydrogen (secondary N) is 1. The maximum absolute atomic E-state index is 11.8. The monoisotopic (exact) mass is 268 g/mol. The molecular weight excluding hydrogens is 252 g/mol. The zero-order chi connectivity index (χ0) is 14.3. The van der Waals surface area contributed by atoms with Gasteiger partial charge in [-0.15, -0.1) is 0 Å². The molecule has 3 rings (SSSR count). The first-order valence-corrected chi connectivity index (χ1v) is 6.49. The predicted molar refractivity (Wildman–Crippen MR) is 77.7 cm³/mol. The Morgan fingerprint density at radius 1 is 1.20 bits per heavy atom. The van der Waals surface area contributed by atoms with Crippen molar-refractivity contribution in [3.05, 3.63) is 52.7 Å². The molecule has 0 aromatic carbocycles. The molecule has 0 atom stereocenters. The predicted octanol–water partition coefficient (Wildman–Crippen LogP) is 2.38. The molecule has 3 heterocycles. The lowest BCUT2D eigenvalue weighted by atomic mass is 9.92. The minimum atomic E-state index is -0.178. The number of imidazole rings is 1. The van der Waals surface area contributed by atoms with Crippen LogP contribution in [-0.4, -0.2) is 19.4 Å². The standard InChI is InChI=1S/C15H16N4O/c1-15(2,3)11-8-13(20)18-14(17-11)10-9-19-7-5-4-6-12(19)16-10/h4-9H,1-3H3,(H,17,18,20). The topological polar surface area (TPSA) is 63.0 Å². The Bertz CT molecular complexity index is 790. The van der Waals surface area contributed by atoms with Gasteiger partial charge in [0, 0.05) is 23.9 Å². The fourth-order valence-electron chi connectivity index (χ4n) is 2.01. The second-order valence-corrected chi connectivity index (χ2v) is 5.82. The van der Waals surface area contributed by atoms with Gasteiger partial charge in [-0.05, 0) is 12.1 Å². The lowest BCUT2D eigenvalue weighted by molar-refractivity contribution is 0.566. The van der Waals surface area contributed by atoms with E-state index in [0.717, 1.165) is 11.3 Å². The van der Waals surface area contributed by atoms with Gasteiger partial charge in [0.1, 0.15) is 11.3 Å². The molecule has 0 bridgehead atoms. The van der Waals surface area contributed by atoms with Gasteiger partial charge in [0.25, 0.3) is 5.56 Å². The highest BCUT2D eigenvalue weighted by atomic mass is 16.1. The number of hydrogen-bond acceptors (Lipinski definition) is 3. The molecule has 0 aliphatic heterocycles. The molecule has 3 aromatic rings. The van der Waals surface area contributed by atoms with E-state index < -0.39 is 0 Å². The Hall–Kier alpha value is -2.43. The number of aromatic nitrogens is 4. The number of aromatic amines is 1. The minimum Gasteiger partial charge on any atom is -0.306 e. The summed E-state index contributed by atoms with van der Waals surface area (Å²) < 4.78 is 1.90. The number of fused-ring (bicyclic) bond motifs is 1. The van der Waals surface area contributed by atoms with Crippen LogP contribution in [0.1, 0.15) is 26.5 Å². The van der Waals surface area contributed by atoms with E-state index in [0.29, 0.717) is 11.5 Å². The third-order valence-corrected chi connectivity index (χ3v) is 3.12. The van der Waals surface area contributed by atoms with Gasteiger partial charge in [0.05, 0.1) is 5.69 Å². The molecule has 0 aliphatic carbocycles. The average molecular weight is 268 g/mol. The van der Waals surface area contributed by atoms with Crippen molar-refractivity contribution in [3.63, 3.8) is 0 Å². The summed E-state index contributed by atoms with van der Waals surface area (Å²) in [6, 6.07) is 7.31. The molecule has 102 valence electrons. The second-order valence-electron chi connectivity index (χ2n) is 5.82. The van der Waals surface area contributed by atoms with Crippen LogP contribution >= 0.6 is 0 Å². The number of H-pyrrole nitrogens is 1. The molecule has 0 saturated carbocycles. The van der Waals surface area contributed by atoms with Crippen molar-refractivity contribution in [1.82, 2.24) is 19.4 Å². The summed E-state index contributed by atoms with van der Waals surface area (Å²) in [5.74, 6) is 0.506. The molecule has 0 unspecified atom stereocenters. The van der Waals surface area contributed by atoms with E-state index in [2.05, 4.69) is 15.0 Å². The van der Waals surface area contributed by atoms with Crippen LogP contribution in [0.5, 0.6) is 0 Å². The largest absolute Gasteiger partial charge is 0.306 e. The summed E-state index contributed by atoms with van der Waals surface area (Å²) in [5.41, 5.74) is 1.92. The summed E-state index contributed by atoms with van der Waals surface area (Å²) in [6.45, 7) is 6.09. The quantitative estimate of drug-likeness (QED) is 0.737. The lowest BCUT2D eigenvalue weighted by Gasteiger charge is -2.17. The van der Waals surface area contributed by atoms with Gasteiger partial charge in [0.15, 0.2) is 5.82 Å². The Kier molecular flexibility index (Phi) is 2.71. The maximum atomic E-state index is 11.8. The van der Waals surface area contributed by atoms with Crippen molar-refractivity contribution in [2.75, 3.05) is 0 Å². The molecule has 0 amide bonds. The van der Waals surface area contributed by atoms with Crippen LogP contribution in [0.2, 0.25) is 0 Å². The molecule has 1 N–H and O–H groups in total. The van der Waals surface area contributed by atoms with Crippen LogP contribution in [-0.2, 0) is 5.41 Å². The van der Waals surface area contributed by atoms with Crippen LogP contribution in [0.4, 0.5) is 0 Å². The zero-order valence-corrected chi connectivity index (χ0v) is 11.7. The molecule has 5 heteroatoms. The second kappa shape index (κ2) is 4.30. The number of rotatable bonds is 1. The molecular formula is C15H16N4O. The Balaban J connectivity index is 2.19. The molecule has 0 aliphatic rings. The normalized spacial score (nSPS) is 11.9. The highest BCUT2D eigenvalue weighted by molar-refractivity contribution is 5.55. The van der Waals surface area contributed by atoms with Crippen LogP contribution < -0.4 is 5.56 Å². The van der Waals surface area contributed by atoms with Crippen molar-refractivity contribution in [2.45, 2.75) is 26.2 Å². The summed E-state index contributed by atoms with van der Waals surface area (Å²) >= 11 is 0. The summed E-state index contributed by atoms with van der Waals surface area (Å²) in [4.78, 5) is 23.6. The van der Waals surface area contributed by atoms with E-state index in [1.165, 1.54) is 0 Å². The molecule has 0 radical (unpaired) electrons. The minimum absolute atomic E-state index is 0.156. The van der Waals surface area contributed by atoms with Gasteiger partial charge in [-0.25, -0.2) is 9.97 Å². The van der Waals surface area contributed by atoms with Crippen molar-refractivity contribution >= 4 is 5.65 Å². The SMILES string of the molecule is CC(C)(C)c1cc(=O)[nH]c(-c2cn3ccccc3n2)n1. The number of nitrogens with zero attached hydrogens (tertiary/aromatic N) is 3. The van der Waals surface area contributed by atoms with E-state index in [-0.39, 0.29) is 11.0 Å². The van der Waals surface area contributed by atoms with Crippen molar-refractivity contribution < 1.29 is 0 Å². The molecule has 0 spiro atoms. The Labute approximate surface area is 116 Å². The van der Waals surface area contributed by atoms with Crippen LogP contribution in [0.3, 0.4) is 0 Å². The summed E-state index contributed by atoms with van der Waals surface area (Å²) in [5, 5.41) is 0. The Morgan fingerprint density at radius 2 is 2.00 bits per heavy atom. The van der Waals surface area contributed by atoms with E-state index in [9.17, 15) is 4.79 Å². The summed E-state index contributed by atoms with van der Waals surface area (Å²) in [6.07, 6.45) is 3.78. The first-order chi connectivity index (χ1) is 9.43. The van der Waals surface area contributed by atoms with E-state index in [1.807, 2.05) is 55.8 Å². The smallest absolute Gasteiger partial charge is 0.251 e. The fourth-order valence-corrected chi connectivity index (χ4v) is 2.01. The number of hydrogen-bond donors (Lipinski definition) is 1. The van der Waals surface area contributed by atoms with Crippen molar-refractivity contribution in [3.8, 4) is 11.5 Å². The fraction of sp³-hybridized carbons (Fsp3) is 0.267. The summed E-state index contributed by atoms with van der Waals surface area (Å²) in [7, 11) is 0. The third-order valence-electron chi connectivity index (χ3n) is 3.12. The molecule has 5 nitrogen and oxygen atoms in total. The van der Waals surface area contributed by atoms with Gasteiger partial charge in [-0.1, -0.05) is 26.8 Å². The molecule has 0 saturated heterocycles. The van der Waals surface area contributed by atoms with Gasteiger partial charge in [-0.3, -0.25) is 4.79 Å². The van der Waals surface area contributed by atoms with Crippen LogP contribution in [0.25, 0.3) is 17.2 Å². The zero-order valence-electron chi connectivity index (χ0n) is 11.7.